The number of piperazine rings is 1. The molecule has 0 unspecified atom stereocenters. The highest BCUT2D eigenvalue weighted by Crippen LogP contribution is 2.22. The number of benzene rings is 1. The van der Waals surface area contributed by atoms with Gasteiger partial charge in [-0.3, -0.25) is 0 Å². The molecule has 1 fully saturated rings. The van der Waals surface area contributed by atoms with Crippen molar-refractivity contribution in [3.05, 3.63) is 48.0 Å². The molecule has 0 aliphatic carbocycles. The quantitative estimate of drug-likeness (QED) is 0.929. The van der Waals surface area contributed by atoms with E-state index < -0.39 is 11.8 Å². The summed E-state index contributed by atoms with van der Waals surface area (Å²) < 4.78 is 14.1. The molecule has 1 aromatic heterocycles. The van der Waals surface area contributed by atoms with Gasteiger partial charge in [-0.1, -0.05) is 0 Å². The van der Waals surface area contributed by atoms with E-state index in [0.29, 0.717) is 37.8 Å². The van der Waals surface area contributed by atoms with Gasteiger partial charge in [-0.15, -0.1) is 0 Å². The van der Waals surface area contributed by atoms with E-state index in [2.05, 4.69) is 9.97 Å². The Labute approximate surface area is 126 Å². The summed E-state index contributed by atoms with van der Waals surface area (Å²) >= 11 is 0. The fraction of sp³-hybridized carbons (Fsp3) is 0.267. The zero-order chi connectivity index (χ0) is 15.5. The van der Waals surface area contributed by atoms with Crippen LogP contribution in [0.4, 0.5) is 16.0 Å². The summed E-state index contributed by atoms with van der Waals surface area (Å²) in [5, 5.41) is 8.87. The minimum absolute atomic E-state index is 0.0439. The summed E-state index contributed by atoms with van der Waals surface area (Å²) in [6.45, 7) is 2.62. The second-order valence-corrected chi connectivity index (χ2v) is 4.99. The molecule has 2 heterocycles. The summed E-state index contributed by atoms with van der Waals surface area (Å²) in [5.74, 6) is -0.968. The first-order chi connectivity index (χ1) is 10.6. The molecule has 7 heteroatoms. The van der Waals surface area contributed by atoms with Crippen LogP contribution in [0.5, 0.6) is 0 Å². The van der Waals surface area contributed by atoms with Crippen molar-refractivity contribution < 1.29 is 14.3 Å². The Hall–Kier alpha value is -2.70. The standard InChI is InChI=1S/C15H15FN4O2/c16-12-10-11(14(21)22)2-3-13(12)19-6-8-20(9-7-19)15-17-4-1-5-18-15/h1-5,10H,6-9H2,(H,21,22). The number of carbonyl (C=O) groups is 1. The van der Waals surface area contributed by atoms with Gasteiger partial charge in [0, 0.05) is 38.6 Å². The van der Waals surface area contributed by atoms with Crippen LogP contribution >= 0.6 is 0 Å². The number of carboxylic acids is 1. The number of hydrogen-bond donors (Lipinski definition) is 1. The summed E-state index contributed by atoms with van der Waals surface area (Å²) in [6, 6.07) is 5.77. The Balaban J connectivity index is 1.70. The molecule has 0 bridgehead atoms. The van der Waals surface area contributed by atoms with Gasteiger partial charge >= 0.3 is 5.97 Å². The highest BCUT2D eigenvalue weighted by Gasteiger charge is 2.21. The van der Waals surface area contributed by atoms with E-state index in [1.54, 1.807) is 18.5 Å². The van der Waals surface area contributed by atoms with Gasteiger partial charge in [0.2, 0.25) is 5.95 Å². The third kappa shape index (κ3) is 2.83. The lowest BCUT2D eigenvalue weighted by Crippen LogP contribution is -2.47. The molecule has 1 aliphatic rings. The second kappa shape index (κ2) is 5.97. The number of aromatic nitrogens is 2. The highest BCUT2D eigenvalue weighted by molar-refractivity contribution is 5.88. The second-order valence-electron chi connectivity index (χ2n) is 4.99. The van der Waals surface area contributed by atoms with Crippen molar-refractivity contribution in [2.24, 2.45) is 0 Å². The summed E-state index contributed by atoms with van der Waals surface area (Å²) in [4.78, 5) is 23.2. The van der Waals surface area contributed by atoms with Crippen LogP contribution in [0.25, 0.3) is 0 Å². The predicted octanol–water partition coefficient (Wildman–Crippen LogP) is 1.64. The molecular weight excluding hydrogens is 287 g/mol. The van der Waals surface area contributed by atoms with E-state index >= 15 is 0 Å². The fourth-order valence-electron chi connectivity index (χ4n) is 2.50. The molecule has 1 aromatic carbocycles. The van der Waals surface area contributed by atoms with Crippen molar-refractivity contribution in [2.45, 2.75) is 0 Å². The van der Waals surface area contributed by atoms with Gasteiger partial charge in [-0.25, -0.2) is 19.2 Å². The first-order valence-electron chi connectivity index (χ1n) is 6.95. The first kappa shape index (κ1) is 14.2. The maximum Gasteiger partial charge on any atom is 0.335 e. The van der Waals surface area contributed by atoms with Crippen LogP contribution in [-0.2, 0) is 0 Å². The van der Waals surface area contributed by atoms with Gasteiger partial charge in [0.15, 0.2) is 0 Å². The van der Waals surface area contributed by atoms with E-state index in [1.807, 2.05) is 9.80 Å². The summed E-state index contributed by atoms with van der Waals surface area (Å²) in [5.41, 5.74) is 0.385. The molecule has 3 rings (SSSR count). The van der Waals surface area contributed by atoms with Crippen molar-refractivity contribution in [3.63, 3.8) is 0 Å². The van der Waals surface area contributed by atoms with Crippen molar-refractivity contribution >= 4 is 17.6 Å². The van der Waals surface area contributed by atoms with E-state index in [1.165, 1.54) is 12.1 Å². The number of hydrogen-bond acceptors (Lipinski definition) is 5. The lowest BCUT2D eigenvalue weighted by Gasteiger charge is -2.36. The smallest absolute Gasteiger partial charge is 0.335 e. The van der Waals surface area contributed by atoms with Gasteiger partial charge in [-0.2, -0.15) is 0 Å². The van der Waals surface area contributed by atoms with Crippen LogP contribution in [0.3, 0.4) is 0 Å². The Morgan fingerprint density at radius 1 is 1.09 bits per heavy atom. The van der Waals surface area contributed by atoms with Crippen LogP contribution < -0.4 is 9.80 Å². The van der Waals surface area contributed by atoms with E-state index in [4.69, 9.17) is 5.11 Å². The fourth-order valence-corrected chi connectivity index (χ4v) is 2.50. The zero-order valence-electron chi connectivity index (χ0n) is 11.8. The monoisotopic (exact) mass is 302 g/mol. The summed E-state index contributed by atoms with van der Waals surface area (Å²) in [7, 11) is 0. The molecule has 114 valence electrons. The predicted molar refractivity (Wildman–Crippen MR) is 79.8 cm³/mol. The maximum absolute atomic E-state index is 14.1. The number of halogens is 1. The minimum atomic E-state index is -1.13. The number of nitrogens with zero attached hydrogens (tertiary/aromatic N) is 4. The minimum Gasteiger partial charge on any atom is -0.478 e. The molecule has 22 heavy (non-hydrogen) atoms. The van der Waals surface area contributed by atoms with Crippen molar-refractivity contribution in [2.75, 3.05) is 36.0 Å². The lowest BCUT2D eigenvalue weighted by atomic mass is 10.1. The van der Waals surface area contributed by atoms with Crippen molar-refractivity contribution in [3.8, 4) is 0 Å². The molecule has 0 spiro atoms. The molecule has 1 aliphatic heterocycles. The van der Waals surface area contributed by atoms with Crippen LogP contribution in [0, 0.1) is 5.82 Å². The van der Waals surface area contributed by atoms with Gasteiger partial charge < -0.3 is 14.9 Å². The lowest BCUT2D eigenvalue weighted by molar-refractivity contribution is 0.0696. The van der Waals surface area contributed by atoms with Crippen molar-refractivity contribution in [1.82, 2.24) is 9.97 Å². The number of anilines is 2. The molecular formula is C15H15FN4O2. The van der Waals surface area contributed by atoms with Gasteiger partial charge in [0.05, 0.1) is 11.3 Å². The van der Waals surface area contributed by atoms with Gasteiger partial charge in [0.25, 0.3) is 0 Å². The van der Waals surface area contributed by atoms with Crippen LogP contribution in [0.15, 0.2) is 36.7 Å². The van der Waals surface area contributed by atoms with E-state index in [-0.39, 0.29) is 5.56 Å². The van der Waals surface area contributed by atoms with Crippen LogP contribution in [-0.4, -0.2) is 47.2 Å². The Morgan fingerprint density at radius 3 is 2.32 bits per heavy atom. The van der Waals surface area contributed by atoms with E-state index in [0.717, 1.165) is 6.07 Å². The summed E-state index contributed by atoms with van der Waals surface area (Å²) in [6.07, 6.45) is 3.39. The SMILES string of the molecule is O=C(O)c1ccc(N2CCN(c3ncccn3)CC2)c(F)c1. The number of carboxylic acid groups (broad SMARTS) is 1. The largest absolute Gasteiger partial charge is 0.478 e. The molecule has 1 N–H and O–H groups in total. The normalized spacial score (nSPS) is 15.0. The highest BCUT2D eigenvalue weighted by atomic mass is 19.1. The Kier molecular flexibility index (Phi) is 3.86. The Morgan fingerprint density at radius 2 is 1.73 bits per heavy atom. The van der Waals surface area contributed by atoms with Gasteiger partial charge in [0.1, 0.15) is 5.82 Å². The zero-order valence-corrected chi connectivity index (χ0v) is 11.8. The molecule has 0 atom stereocenters. The average molecular weight is 302 g/mol. The maximum atomic E-state index is 14.1. The third-order valence-corrected chi connectivity index (χ3v) is 3.65. The van der Waals surface area contributed by atoms with Gasteiger partial charge in [-0.05, 0) is 24.3 Å². The Bertz CT molecular complexity index is 672. The molecule has 1 saturated heterocycles. The van der Waals surface area contributed by atoms with Crippen molar-refractivity contribution in [1.29, 1.82) is 0 Å². The first-order valence-corrected chi connectivity index (χ1v) is 6.95. The molecule has 2 aromatic rings. The van der Waals surface area contributed by atoms with Crippen LogP contribution in [0.1, 0.15) is 10.4 Å². The average Bonchev–Trinajstić information content (AvgIpc) is 2.56. The number of aromatic carboxylic acids is 1. The molecule has 0 radical (unpaired) electrons. The molecule has 0 amide bonds. The van der Waals surface area contributed by atoms with Crippen LogP contribution in [0.2, 0.25) is 0 Å². The topological polar surface area (TPSA) is 69.6 Å². The number of rotatable bonds is 3. The molecule has 6 nitrogen and oxygen atoms in total. The third-order valence-electron chi connectivity index (χ3n) is 3.65. The van der Waals surface area contributed by atoms with E-state index in [9.17, 15) is 9.18 Å². The molecule has 0 saturated carbocycles.